The molecule has 0 spiro atoms. The van der Waals surface area contributed by atoms with Gasteiger partial charge in [0.25, 0.3) is 0 Å². The predicted octanol–water partition coefficient (Wildman–Crippen LogP) is 2.11. The summed E-state index contributed by atoms with van der Waals surface area (Å²) in [5, 5.41) is 6.97. The second kappa shape index (κ2) is 4.24. The van der Waals surface area contributed by atoms with Crippen LogP contribution in [0.4, 0.5) is 0 Å². The molecule has 0 atom stereocenters. The van der Waals surface area contributed by atoms with Crippen molar-refractivity contribution < 1.29 is 0 Å². The van der Waals surface area contributed by atoms with E-state index in [4.69, 9.17) is 0 Å². The molecular weight excluding hydrogens is 148 g/mol. The monoisotopic (exact) mass is 172 g/mol. The minimum absolute atomic E-state index is 0.0360. The van der Waals surface area contributed by atoms with Gasteiger partial charge in [0.15, 0.2) is 0 Å². The normalized spacial score (nSPS) is 13.5. The Balaban J connectivity index is 4.04. The smallest absolute Gasteiger partial charge is 0.0633 e. The van der Waals surface area contributed by atoms with E-state index in [0.29, 0.717) is 0 Å². The Bertz CT molecular complexity index is 128. The quantitative estimate of drug-likeness (QED) is 0.621. The summed E-state index contributed by atoms with van der Waals surface area (Å²) in [7, 11) is 0. The van der Waals surface area contributed by atoms with E-state index in [1.54, 1.807) is 0 Å². The maximum atomic E-state index is 3.57. The summed E-state index contributed by atoms with van der Waals surface area (Å²) in [6.07, 6.45) is 1.14. The second-order valence-corrected chi connectivity index (χ2v) is 4.52. The van der Waals surface area contributed by atoms with Crippen LogP contribution in [0.3, 0.4) is 0 Å². The lowest BCUT2D eigenvalue weighted by Gasteiger charge is -2.37. The summed E-state index contributed by atoms with van der Waals surface area (Å²) in [5.74, 6) is 0. The van der Waals surface area contributed by atoms with Gasteiger partial charge < -0.3 is 5.32 Å². The predicted molar refractivity (Wildman–Crippen MR) is 55.3 cm³/mol. The molecule has 0 aliphatic heterocycles. The van der Waals surface area contributed by atoms with Gasteiger partial charge in [0.2, 0.25) is 0 Å². The zero-order valence-electron chi connectivity index (χ0n) is 9.41. The summed E-state index contributed by atoms with van der Waals surface area (Å²) >= 11 is 0. The van der Waals surface area contributed by atoms with Crippen molar-refractivity contribution in [3.63, 3.8) is 0 Å². The highest BCUT2D eigenvalue weighted by Crippen LogP contribution is 2.11. The first-order valence-corrected chi connectivity index (χ1v) is 4.87. The van der Waals surface area contributed by atoms with Gasteiger partial charge >= 0.3 is 0 Å². The first-order chi connectivity index (χ1) is 5.33. The molecular formula is C10H24N2. The molecule has 0 radical (unpaired) electrons. The highest BCUT2D eigenvalue weighted by Gasteiger charge is 2.24. The minimum atomic E-state index is 0.0360. The van der Waals surface area contributed by atoms with Gasteiger partial charge in [-0.3, -0.25) is 5.32 Å². The molecule has 0 heterocycles. The van der Waals surface area contributed by atoms with Crippen LogP contribution < -0.4 is 10.6 Å². The lowest BCUT2D eigenvalue weighted by molar-refractivity contribution is 0.220. The molecule has 0 fully saturated rings. The molecule has 2 nitrogen and oxygen atoms in total. The Kier molecular flexibility index (Phi) is 4.21. The Labute approximate surface area is 77.1 Å². The number of nitrogens with one attached hydrogen (secondary N) is 2. The summed E-state index contributed by atoms with van der Waals surface area (Å²) < 4.78 is 0. The van der Waals surface area contributed by atoms with Gasteiger partial charge in [-0.05, 0) is 40.7 Å². The average molecular weight is 172 g/mol. The van der Waals surface area contributed by atoms with E-state index in [0.717, 1.165) is 13.0 Å². The van der Waals surface area contributed by atoms with E-state index < -0.39 is 0 Å². The SMILES string of the molecule is CCNC(C)(C)NC(C)(C)CC. The van der Waals surface area contributed by atoms with Crippen molar-refractivity contribution in [3.05, 3.63) is 0 Å². The maximum absolute atomic E-state index is 3.57. The van der Waals surface area contributed by atoms with E-state index in [1.165, 1.54) is 0 Å². The molecule has 0 unspecified atom stereocenters. The van der Waals surface area contributed by atoms with Gasteiger partial charge in [-0.25, -0.2) is 0 Å². The van der Waals surface area contributed by atoms with Crippen LogP contribution in [0.5, 0.6) is 0 Å². The molecule has 0 amide bonds. The van der Waals surface area contributed by atoms with Crippen LogP contribution in [0, 0.1) is 0 Å². The number of hydrogen-bond acceptors (Lipinski definition) is 2. The van der Waals surface area contributed by atoms with Crippen molar-refractivity contribution in [3.8, 4) is 0 Å². The van der Waals surface area contributed by atoms with Crippen LogP contribution in [-0.2, 0) is 0 Å². The van der Waals surface area contributed by atoms with Crippen molar-refractivity contribution >= 4 is 0 Å². The fraction of sp³-hybridized carbons (Fsp3) is 1.00. The van der Waals surface area contributed by atoms with Crippen LogP contribution >= 0.6 is 0 Å². The van der Waals surface area contributed by atoms with Crippen molar-refractivity contribution in [1.82, 2.24) is 10.6 Å². The fourth-order valence-corrected chi connectivity index (χ4v) is 1.42. The highest BCUT2D eigenvalue weighted by atomic mass is 15.2. The Morgan fingerprint density at radius 1 is 1.00 bits per heavy atom. The fourth-order valence-electron chi connectivity index (χ4n) is 1.42. The van der Waals surface area contributed by atoms with E-state index in [-0.39, 0.29) is 11.2 Å². The first kappa shape index (κ1) is 11.9. The Morgan fingerprint density at radius 3 is 1.83 bits per heavy atom. The molecule has 2 N–H and O–H groups in total. The molecule has 0 saturated carbocycles. The van der Waals surface area contributed by atoms with Gasteiger partial charge in [-0.1, -0.05) is 13.8 Å². The molecule has 0 aromatic carbocycles. The highest BCUT2D eigenvalue weighted by molar-refractivity contribution is 4.85. The zero-order valence-corrected chi connectivity index (χ0v) is 9.41. The van der Waals surface area contributed by atoms with Gasteiger partial charge in [-0.15, -0.1) is 0 Å². The topological polar surface area (TPSA) is 24.1 Å². The maximum Gasteiger partial charge on any atom is 0.0633 e. The van der Waals surface area contributed by atoms with Gasteiger partial charge in [-0.2, -0.15) is 0 Å². The van der Waals surface area contributed by atoms with Crippen LogP contribution in [0.25, 0.3) is 0 Å². The van der Waals surface area contributed by atoms with E-state index in [1.807, 2.05) is 0 Å². The third-order valence-electron chi connectivity index (χ3n) is 2.15. The summed E-state index contributed by atoms with van der Waals surface area (Å²) in [6, 6.07) is 0. The van der Waals surface area contributed by atoms with Crippen molar-refractivity contribution in [1.29, 1.82) is 0 Å². The summed E-state index contributed by atoms with van der Waals surface area (Å²) in [4.78, 5) is 0. The lowest BCUT2D eigenvalue weighted by Crippen LogP contribution is -2.59. The molecule has 12 heavy (non-hydrogen) atoms. The molecule has 0 rings (SSSR count). The first-order valence-electron chi connectivity index (χ1n) is 4.87. The van der Waals surface area contributed by atoms with Crippen molar-refractivity contribution in [2.75, 3.05) is 6.54 Å². The Morgan fingerprint density at radius 2 is 1.50 bits per heavy atom. The zero-order chi connectivity index (χ0) is 9.83. The summed E-state index contributed by atoms with van der Waals surface area (Å²) in [6.45, 7) is 14.1. The van der Waals surface area contributed by atoms with Crippen LogP contribution in [-0.4, -0.2) is 17.7 Å². The molecule has 0 aromatic rings. The average Bonchev–Trinajstić information content (AvgIpc) is 1.85. The molecule has 0 aliphatic carbocycles. The van der Waals surface area contributed by atoms with E-state index >= 15 is 0 Å². The summed E-state index contributed by atoms with van der Waals surface area (Å²) in [5.41, 5.74) is 0.250. The van der Waals surface area contributed by atoms with Gasteiger partial charge in [0, 0.05) is 5.54 Å². The molecule has 0 saturated heterocycles. The van der Waals surface area contributed by atoms with E-state index in [9.17, 15) is 0 Å². The van der Waals surface area contributed by atoms with Crippen LogP contribution in [0.2, 0.25) is 0 Å². The van der Waals surface area contributed by atoms with Crippen LogP contribution in [0.1, 0.15) is 48.0 Å². The number of hydrogen-bond donors (Lipinski definition) is 2. The number of rotatable bonds is 5. The van der Waals surface area contributed by atoms with E-state index in [2.05, 4.69) is 52.2 Å². The third-order valence-corrected chi connectivity index (χ3v) is 2.15. The molecule has 0 aliphatic rings. The van der Waals surface area contributed by atoms with Crippen LogP contribution in [0.15, 0.2) is 0 Å². The van der Waals surface area contributed by atoms with Gasteiger partial charge in [0.05, 0.1) is 5.66 Å². The lowest BCUT2D eigenvalue weighted by atomic mass is 9.99. The molecule has 0 bridgehead atoms. The minimum Gasteiger partial charge on any atom is -0.300 e. The Hall–Kier alpha value is -0.0800. The molecule has 0 aromatic heterocycles. The van der Waals surface area contributed by atoms with Crippen molar-refractivity contribution in [2.24, 2.45) is 0 Å². The molecule has 2 heteroatoms. The standard InChI is InChI=1S/C10H24N2/c1-7-9(3,4)12-10(5,6)11-8-2/h11-12H,7-8H2,1-6H3. The van der Waals surface area contributed by atoms with Crippen molar-refractivity contribution in [2.45, 2.75) is 59.2 Å². The molecule has 74 valence electrons. The second-order valence-electron chi connectivity index (χ2n) is 4.52. The third kappa shape index (κ3) is 4.73. The van der Waals surface area contributed by atoms with Gasteiger partial charge in [0.1, 0.15) is 0 Å². The largest absolute Gasteiger partial charge is 0.300 e.